The summed E-state index contributed by atoms with van der Waals surface area (Å²) in [7, 11) is 0. The molecule has 0 fully saturated rings. The molecule has 0 aliphatic heterocycles. The zero-order valence-corrected chi connectivity index (χ0v) is 27.8. The molecule has 0 amide bonds. The largest absolute Gasteiger partial charge is 0.0776 e. The van der Waals surface area contributed by atoms with Crippen molar-refractivity contribution in [2.24, 2.45) is 17.8 Å². The van der Waals surface area contributed by atoms with Crippen LogP contribution >= 0.6 is 0 Å². The Morgan fingerprint density at radius 1 is 0.345 bits per heavy atom. The standard InChI is InChI=1S/3C5H12.3C3H8.3CH4.2Y/c3*1-4-5(2)3;3*1-3-2;;;;;/h3*5H,4H2,1-3H3;3*3H2,1-2H3;3*1H4;;. The first kappa shape index (κ1) is 69.7. The molecule has 0 aliphatic rings. The number of hydrogen-bond donors (Lipinski definition) is 0. The molecule has 0 aromatic rings. The van der Waals surface area contributed by atoms with Gasteiger partial charge in [0, 0.05) is 65.4 Å². The first-order chi connectivity index (χ1) is 11.1. The maximum Gasteiger partial charge on any atom is 0 e. The zero-order valence-electron chi connectivity index (χ0n) is 22.1. The smallest absolute Gasteiger partial charge is 0 e. The molecular weight excluding hydrogens is 502 g/mol. The molecule has 0 nitrogen and oxygen atoms in total. The third kappa shape index (κ3) is 357. The van der Waals surface area contributed by atoms with E-state index in [2.05, 4.69) is 104 Å². The molecule has 0 saturated heterocycles. The van der Waals surface area contributed by atoms with E-state index in [1.165, 1.54) is 38.5 Å². The van der Waals surface area contributed by atoms with Crippen molar-refractivity contribution in [2.45, 2.75) is 165 Å². The molecule has 186 valence electrons. The molecule has 0 atom stereocenters. The van der Waals surface area contributed by atoms with Crippen molar-refractivity contribution in [1.82, 2.24) is 0 Å². The van der Waals surface area contributed by atoms with Crippen LogP contribution in [0.15, 0.2) is 0 Å². The van der Waals surface area contributed by atoms with E-state index in [-0.39, 0.29) is 87.7 Å². The molecule has 0 rings (SSSR count). The average Bonchev–Trinajstić information content (AvgIpc) is 2.50. The molecule has 0 aromatic carbocycles. The van der Waals surface area contributed by atoms with Crippen molar-refractivity contribution < 1.29 is 65.4 Å². The maximum atomic E-state index is 2.22. The molecule has 0 saturated carbocycles. The van der Waals surface area contributed by atoms with Crippen molar-refractivity contribution in [3.05, 3.63) is 0 Å². The van der Waals surface area contributed by atoms with Crippen LogP contribution in [-0.2, 0) is 65.4 Å². The predicted molar refractivity (Wildman–Crippen MR) is 143 cm³/mol. The number of rotatable bonds is 3. The molecule has 0 aliphatic carbocycles. The van der Waals surface area contributed by atoms with E-state index in [4.69, 9.17) is 0 Å². The first-order valence-corrected chi connectivity index (χ1v) is 11.1. The Bertz CT molecular complexity index is 97.9. The molecule has 0 heterocycles. The van der Waals surface area contributed by atoms with E-state index < -0.39 is 0 Å². The summed E-state index contributed by atoms with van der Waals surface area (Å²) in [4.78, 5) is 0. The van der Waals surface area contributed by atoms with Gasteiger partial charge in [0.15, 0.2) is 0 Å². The zero-order chi connectivity index (χ0) is 21.0. The minimum absolute atomic E-state index is 0. The summed E-state index contributed by atoms with van der Waals surface area (Å²) in [5, 5.41) is 0. The second-order valence-electron chi connectivity index (χ2n) is 7.53. The van der Waals surface area contributed by atoms with Gasteiger partial charge in [-0.25, -0.2) is 0 Å². The van der Waals surface area contributed by atoms with Gasteiger partial charge in [0.25, 0.3) is 0 Å². The SMILES string of the molecule is C.C.C.CCC.CCC.CCC.CCC(C)C.CCC(C)C.CCC(C)C.[Y].[Y]. The monoisotopic (exact) mass is 574 g/mol. The van der Waals surface area contributed by atoms with Crippen molar-refractivity contribution in [1.29, 1.82) is 0 Å². The van der Waals surface area contributed by atoms with Gasteiger partial charge < -0.3 is 0 Å². The Hall–Kier alpha value is 2.21. The minimum Gasteiger partial charge on any atom is -0.0776 e. The van der Waals surface area contributed by atoms with Crippen molar-refractivity contribution in [3.63, 3.8) is 0 Å². The van der Waals surface area contributed by atoms with Gasteiger partial charge in [-0.15, -0.1) is 0 Å². The van der Waals surface area contributed by atoms with Crippen LogP contribution in [0.2, 0.25) is 0 Å². The summed E-state index contributed by atoms with van der Waals surface area (Å²) in [5.41, 5.74) is 0. The van der Waals surface area contributed by atoms with Gasteiger partial charge >= 0.3 is 0 Å². The van der Waals surface area contributed by atoms with Crippen LogP contribution in [0.4, 0.5) is 0 Å². The Kier molecular flexibility index (Phi) is 209. The summed E-state index contributed by atoms with van der Waals surface area (Å²) in [6.07, 6.45) is 7.67. The Morgan fingerprint density at radius 2 is 0.379 bits per heavy atom. The van der Waals surface area contributed by atoms with Crippen molar-refractivity contribution >= 4 is 0 Å². The quantitative estimate of drug-likeness (QED) is 0.314. The average molecular weight is 575 g/mol. The van der Waals surface area contributed by atoms with Crippen LogP contribution in [0.25, 0.3) is 0 Å². The predicted octanol–water partition coefficient (Wildman–Crippen LogP) is 12.3. The van der Waals surface area contributed by atoms with Crippen LogP contribution < -0.4 is 0 Å². The third-order valence-corrected chi connectivity index (χ3v) is 2.45. The fraction of sp³-hybridized carbons (Fsp3) is 1.00. The molecule has 0 bridgehead atoms. The van der Waals surface area contributed by atoms with Crippen LogP contribution in [0, 0.1) is 17.8 Å². The van der Waals surface area contributed by atoms with E-state index in [1.807, 2.05) is 0 Å². The van der Waals surface area contributed by atoms with Gasteiger partial charge in [-0.05, 0) is 17.8 Å². The Labute approximate surface area is 245 Å². The van der Waals surface area contributed by atoms with Crippen molar-refractivity contribution in [3.8, 4) is 0 Å². The Balaban J connectivity index is -0.0000000146. The molecule has 29 heavy (non-hydrogen) atoms. The van der Waals surface area contributed by atoms with Crippen molar-refractivity contribution in [2.75, 3.05) is 0 Å². The van der Waals surface area contributed by atoms with Crippen LogP contribution in [0.1, 0.15) is 165 Å². The third-order valence-electron chi connectivity index (χ3n) is 2.45. The summed E-state index contributed by atoms with van der Waals surface area (Å²) >= 11 is 0. The normalized spacial score (nSPS) is 6.83. The molecule has 2 radical (unpaired) electrons. The second-order valence-corrected chi connectivity index (χ2v) is 7.53. The summed E-state index contributed by atoms with van der Waals surface area (Å²) in [5.74, 6) is 2.65. The summed E-state index contributed by atoms with van der Waals surface area (Å²) in [6.45, 7) is 32.7. The van der Waals surface area contributed by atoms with E-state index >= 15 is 0 Å². The minimum atomic E-state index is 0. The summed E-state index contributed by atoms with van der Waals surface area (Å²) < 4.78 is 0. The van der Waals surface area contributed by atoms with Crippen LogP contribution in [-0.4, -0.2) is 0 Å². The maximum absolute atomic E-state index is 2.22. The molecule has 0 N–H and O–H groups in total. The summed E-state index contributed by atoms with van der Waals surface area (Å²) in [6, 6.07) is 0. The second kappa shape index (κ2) is 87.0. The van der Waals surface area contributed by atoms with E-state index in [9.17, 15) is 0 Å². The topological polar surface area (TPSA) is 0 Å². The molecule has 0 unspecified atom stereocenters. The molecule has 0 aromatic heterocycles. The molecule has 2 heteroatoms. The van der Waals surface area contributed by atoms with Gasteiger partial charge in [0.1, 0.15) is 0 Å². The Morgan fingerprint density at radius 3 is 0.379 bits per heavy atom. The van der Waals surface area contributed by atoms with Gasteiger partial charge in [-0.1, -0.05) is 165 Å². The van der Waals surface area contributed by atoms with Gasteiger partial charge in [0.2, 0.25) is 0 Å². The van der Waals surface area contributed by atoms with E-state index in [0.717, 1.165) is 17.8 Å². The fourth-order valence-corrected chi connectivity index (χ4v) is 0. The van der Waals surface area contributed by atoms with Gasteiger partial charge in [-0.3, -0.25) is 0 Å². The molecular formula is C27H72Y2. The fourth-order valence-electron chi connectivity index (χ4n) is 0. The van der Waals surface area contributed by atoms with Crippen LogP contribution in [0.5, 0.6) is 0 Å². The van der Waals surface area contributed by atoms with Gasteiger partial charge in [0.05, 0.1) is 0 Å². The van der Waals surface area contributed by atoms with E-state index in [0.29, 0.717) is 0 Å². The van der Waals surface area contributed by atoms with E-state index in [1.54, 1.807) is 0 Å². The van der Waals surface area contributed by atoms with Crippen LogP contribution in [0.3, 0.4) is 0 Å². The first-order valence-electron chi connectivity index (χ1n) is 11.1. The van der Waals surface area contributed by atoms with Gasteiger partial charge in [-0.2, -0.15) is 0 Å². The number of hydrogen-bond acceptors (Lipinski definition) is 0. The molecule has 0 spiro atoms.